The van der Waals surface area contributed by atoms with Crippen molar-refractivity contribution in [3.05, 3.63) is 29.5 Å². The lowest BCUT2D eigenvalue weighted by molar-refractivity contribution is 0.112. The molecule has 16 heavy (non-hydrogen) atoms. The Hall–Kier alpha value is -1.81. The maximum Gasteiger partial charge on any atom is 0.176 e. The zero-order valence-electron chi connectivity index (χ0n) is 9.03. The van der Waals surface area contributed by atoms with E-state index in [0.29, 0.717) is 29.9 Å². The first-order valence-corrected chi connectivity index (χ1v) is 5.04. The van der Waals surface area contributed by atoms with E-state index in [0.717, 1.165) is 17.4 Å². The Morgan fingerprint density at radius 3 is 2.88 bits per heavy atom. The lowest BCUT2D eigenvalue weighted by Crippen LogP contribution is -2.01. The fourth-order valence-electron chi connectivity index (χ4n) is 1.68. The summed E-state index contributed by atoms with van der Waals surface area (Å²) in [6.07, 6.45) is 1.46. The molecular formula is C12H13NO3. The highest BCUT2D eigenvalue weighted by Gasteiger charge is 2.10. The van der Waals surface area contributed by atoms with E-state index in [4.69, 9.17) is 14.9 Å². The molecule has 2 N–H and O–H groups in total. The van der Waals surface area contributed by atoms with E-state index in [1.807, 2.05) is 6.07 Å². The van der Waals surface area contributed by atoms with Gasteiger partial charge in [-0.2, -0.15) is 0 Å². The molecule has 0 bridgehead atoms. The highest BCUT2D eigenvalue weighted by Crippen LogP contribution is 2.30. The first kappa shape index (κ1) is 10.7. The molecule has 0 saturated heterocycles. The van der Waals surface area contributed by atoms with Crippen molar-refractivity contribution < 1.29 is 13.9 Å². The third-order valence-corrected chi connectivity index (χ3v) is 2.40. The van der Waals surface area contributed by atoms with Gasteiger partial charge in [0.15, 0.2) is 11.3 Å². The summed E-state index contributed by atoms with van der Waals surface area (Å²) < 4.78 is 10.8. The first-order chi connectivity index (χ1) is 7.78. The van der Waals surface area contributed by atoms with Gasteiger partial charge >= 0.3 is 0 Å². The molecule has 1 heterocycles. The number of rotatable bonds is 4. The van der Waals surface area contributed by atoms with Crippen LogP contribution in [0.3, 0.4) is 0 Å². The second kappa shape index (κ2) is 4.37. The average molecular weight is 219 g/mol. The van der Waals surface area contributed by atoms with Crippen LogP contribution in [0.4, 0.5) is 0 Å². The molecule has 2 aromatic rings. The number of hydrogen-bond donors (Lipinski definition) is 1. The van der Waals surface area contributed by atoms with Gasteiger partial charge in [-0.05, 0) is 24.7 Å². The van der Waals surface area contributed by atoms with Gasteiger partial charge in [0.05, 0.1) is 7.11 Å². The van der Waals surface area contributed by atoms with Gasteiger partial charge < -0.3 is 14.9 Å². The van der Waals surface area contributed by atoms with Crippen LogP contribution in [0.1, 0.15) is 16.1 Å². The summed E-state index contributed by atoms with van der Waals surface area (Å²) in [6.45, 7) is 0.530. The number of ether oxygens (including phenoxy) is 1. The van der Waals surface area contributed by atoms with Crippen LogP contribution in [0, 0.1) is 0 Å². The minimum Gasteiger partial charge on any atom is -0.493 e. The van der Waals surface area contributed by atoms with Gasteiger partial charge in [-0.25, -0.2) is 0 Å². The minimum atomic E-state index is 0.530. The van der Waals surface area contributed by atoms with Crippen molar-refractivity contribution in [1.29, 1.82) is 0 Å². The molecule has 0 saturated carbocycles. The van der Waals surface area contributed by atoms with E-state index in [1.165, 1.54) is 0 Å². The van der Waals surface area contributed by atoms with Crippen LogP contribution in [0.2, 0.25) is 0 Å². The average Bonchev–Trinajstić information content (AvgIpc) is 2.70. The molecule has 0 atom stereocenters. The predicted molar refractivity (Wildman–Crippen MR) is 60.9 cm³/mol. The van der Waals surface area contributed by atoms with Gasteiger partial charge in [0.25, 0.3) is 0 Å². The molecule has 0 unspecified atom stereocenters. The Labute approximate surface area is 93.0 Å². The number of fused-ring (bicyclic) bond motifs is 1. The molecular weight excluding hydrogens is 206 g/mol. The number of nitrogens with two attached hydrogens (primary N) is 1. The fourth-order valence-corrected chi connectivity index (χ4v) is 1.68. The van der Waals surface area contributed by atoms with Crippen LogP contribution in [-0.4, -0.2) is 19.9 Å². The van der Waals surface area contributed by atoms with Crippen LogP contribution >= 0.6 is 0 Å². The lowest BCUT2D eigenvalue weighted by Gasteiger charge is -2.01. The van der Waals surface area contributed by atoms with Crippen molar-refractivity contribution in [2.45, 2.75) is 6.42 Å². The number of aldehydes is 1. The van der Waals surface area contributed by atoms with Gasteiger partial charge in [0.1, 0.15) is 12.0 Å². The van der Waals surface area contributed by atoms with Crippen molar-refractivity contribution in [2.24, 2.45) is 5.73 Å². The van der Waals surface area contributed by atoms with Crippen molar-refractivity contribution >= 4 is 17.3 Å². The van der Waals surface area contributed by atoms with Crippen molar-refractivity contribution in [1.82, 2.24) is 0 Å². The molecule has 4 nitrogen and oxygen atoms in total. The van der Waals surface area contributed by atoms with Crippen LogP contribution in [0.15, 0.2) is 22.6 Å². The Morgan fingerprint density at radius 2 is 2.25 bits per heavy atom. The maximum absolute atomic E-state index is 10.7. The van der Waals surface area contributed by atoms with Crippen LogP contribution in [0.5, 0.6) is 5.75 Å². The van der Waals surface area contributed by atoms with Crippen LogP contribution in [0.25, 0.3) is 11.0 Å². The number of carbonyl (C=O) groups excluding carboxylic acids is 1. The van der Waals surface area contributed by atoms with Gasteiger partial charge in [-0.15, -0.1) is 0 Å². The summed E-state index contributed by atoms with van der Waals surface area (Å²) in [4.78, 5) is 10.7. The molecule has 1 aromatic heterocycles. The van der Waals surface area contributed by atoms with Crippen molar-refractivity contribution in [3.63, 3.8) is 0 Å². The van der Waals surface area contributed by atoms with Crippen LogP contribution in [-0.2, 0) is 6.42 Å². The van der Waals surface area contributed by atoms with Crippen molar-refractivity contribution in [3.8, 4) is 5.75 Å². The minimum absolute atomic E-state index is 0.530. The summed E-state index contributed by atoms with van der Waals surface area (Å²) in [5, 5.41) is 0.866. The second-order valence-electron chi connectivity index (χ2n) is 3.51. The first-order valence-electron chi connectivity index (χ1n) is 5.04. The number of furan rings is 1. The summed E-state index contributed by atoms with van der Waals surface area (Å²) in [6, 6.07) is 5.32. The van der Waals surface area contributed by atoms with Gasteiger partial charge in [0, 0.05) is 17.4 Å². The van der Waals surface area contributed by atoms with E-state index < -0.39 is 0 Å². The normalized spacial score (nSPS) is 10.6. The molecule has 0 fully saturated rings. The molecule has 1 aromatic carbocycles. The van der Waals surface area contributed by atoms with Crippen molar-refractivity contribution in [2.75, 3.05) is 13.7 Å². The zero-order valence-corrected chi connectivity index (χ0v) is 9.03. The third kappa shape index (κ3) is 1.79. The molecule has 0 aliphatic carbocycles. The summed E-state index contributed by atoms with van der Waals surface area (Å²) in [7, 11) is 1.55. The molecule has 0 aliphatic rings. The quantitative estimate of drug-likeness (QED) is 0.795. The molecule has 2 rings (SSSR count). The Morgan fingerprint density at radius 1 is 1.44 bits per heavy atom. The largest absolute Gasteiger partial charge is 0.493 e. The molecule has 84 valence electrons. The predicted octanol–water partition coefficient (Wildman–Crippen LogP) is 1.76. The second-order valence-corrected chi connectivity index (χ2v) is 3.51. The number of hydrogen-bond acceptors (Lipinski definition) is 4. The molecule has 0 spiro atoms. The Balaban J connectivity index is 2.60. The summed E-state index contributed by atoms with van der Waals surface area (Å²) in [5.41, 5.74) is 6.70. The molecule has 4 heteroatoms. The third-order valence-electron chi connectivity index (χ3n) is 2.40. The van der Waals surface area contributed by atoms with Gasteiger partial charge in [-0.1, -0.05) is 0 Å². The van der Waals surface area contributed by atoms with Crippen LogP contribution < -0.4 is 10.5 Å². The number of methoxy groups -OCH3 is 1. The van der Waals surface area contributed by atoms with E-state index in [9.17, 15) is 4.79 Å². The van der Waals surface area contributed by atoms with Gasteiger partial charge in [0.2, 0.25) is 0 Å². The monoisotopic (exact) mass is 219 g/mol. The van der Waals surface area contributed by atoms with Gasteiger partial charge in [-0.3, -0.25) is 4.79 Å². The fraction of sp³-hybridized carbons (Fsp3) is 0.250. The topological polar surface area (TPSA) is 65.5 Å². The maximum atomic E-state index is 10.7. The standard InChI is InChI=1S/C12H13NO3/c1-15-11-5-8(7-14)4-9-6-10(2-3-13)16-12(9)11/h4-7H,2-3,13H2,1H3. The van der Waals surface area contributed by atoms with E-state index in [-0.39, 0.29) is 0 Å². The molecule has 0 aliphatic heterocycles. The zero-order chi connectivity index (χ0) is 11.5. The number of carbonyl (C=O) groups is 1. The highest BCUT2D eigenvalue weighted by atomic mass is 16.5. The number of benzene rings is 1. The Bertz CT molecular complexity index is 516. The molecule has 0 radical (unpaired) electrons. The smallest absolute Gasteiger partial charge is 0.176 e. The van der Waals surface area contributed by atoms with E-state index in [1.54, 1.807) is 19.2 Å². The SMILES string of the molecule is COc1cc(C=O)cc2cc(CCN)oc12. The molecule has 0 amide bonds. The van der Waals surface area contributed by atoms with E-state index >= 15 is 0 Å². The highest BCUT2D eigenvalue weighted by molar-refractivity contribution is 5.90. The summed E-state index contributed by atoms with van der Waals surface area (Å²) >= 11 is 0. The summed E-state index contributed by atoms with van der Waals surface area (Å²) in [5.74, 6) is 1.38. The van der Waals surface area contributed by atoms with E-state index in [2.05, 4.69) is 0 Å². The lowest BCUT2D eigenvalue weighted by atomic mass is 10.1. The Kier molecular flexibility index (Phi) is 2.92.